The minimum Gasteiger partial charge on any atom is -0.348 e. The number of carbonyl (C=O) groups excluding carboxylic acids is 1. The molecule has 0 spiro atoms. The van der Waals surface area contributed by atoms with E-state index in [4.69, 9.17) is 0 Å². The highest BCUT2D eigenvalue weighted by Crippen LogP contribution is 2.20. The third-order valence-electron chi connectivity index (χ3n) is 4.57. The second kappa shape index (κ2) is 7.48. The van der Waals surface area contributed by atoms with Gasteiger partial charge in [-0.1, -0.05) is 30.3 Å². The van der Waals surface area contributed by atoms with Crippen LogP contribution in [0.15, 0.2) is 82.8 Å². The van der Waals surface area contributed by atoms with E-state index in [1.165, 1.54) is 6.20 Å². The summed E-state index contributed by atoms with van der Waals surface area (Å²) >= 11 is 0. The van der Waals surface area contributed by atoms with Crippen molar-refractivity contribution >= 4 is 26.8 Å². The van der Waals surface area contributed by atoms with E-state index >= 15 is 0 Å². The quantitative estimate of drug-likeness (QED) is 0.550. The van der Waals surface area contributed by atoms with E-state index in [1.807, 2.05) is 0 Å². The van der Waals surface area contributed by atoms with Crippen LogP contribution in [0.1, 0.15) is 15.9 Å². The highest BCUT2D eigenvalue weighted by molar-refractivity contribution is 7.91. The van der Waals surface area contributed by atoms with Crippen LogP contribution < -0.4 is 5.32 Å². The van der Waals surface area contributed by atoms with Gasteiger partial charge in [0, 0.05) is 25.2 Å². The Kier molecular flexibility index (Phi) is 4.85. The molecule has 2 aromatic heterocycles. The maximum atomic E-state index is 12.6. The average Bonchev–Trinajstić information content (AvgIpc) is 3.13. The van der Waals surface area contributed by atoms with Crippen molar-refractivity contribution in [3.05, 3.63) is 84.2 Å². The van der Waals surface area contributed by atoms with Crippen LogP contribution in [0.25, 0.3) is 11.0 Å². The summed E-state index contributed by atoms with van der Waals surface area (Å²) in [6.45, 7) is 0.273. The third kappa shape index (κ3) is 3.74. The molecule has 0 unspecified atom stereocenters. The largest absolute Gasteiger partial charge is 0.348 e. The Labute approximate surface area is 167 Å². The highest BCUT2D eigenvalue weighted by atomic mass is 32.2. The van der Waals surface area contributed by atoms with E-state index in [0.29, 0.717) is 11.2 Å². The minimum absolute atomic E-state index is 0.213. The Bertz CT molecular complexity index is 1280. The molecule has 0 bridgehead atoms. The number of aromatic nitrogens is 3. The molecule has 2 heterocycles. The molecule has 0 aliphatic heterocycles. The molecule has 0 atom stereocenters. The van der Waals surface area contributed by atoms with Crippen LogP contribution in [0.3, 0.4) is 0 Å². The molecule has 29 heavy (non-hydrogen) atoms. The van der Waals surface area contributed by atoms with Gasteiger partial charge in [-0.05, 0) is 35.9 Å². The van der Waals surface area contributed by atoms with Gasteiger partial charge in [-0.25, -0.2) is 13.4 Å². The molecular formula is C21H18N4O3S. The van der Waals surface area contributed by atoms with Gasteiger partial charge in [0.05, 0.1) is 21.6 Å². The van der Waals surface area contributed by atoms with Gasteiger partial charge < -0.3 is 5.32 Å². The highest BCUT2D eigenvalue weighted by Gasteiger charge is 2.17. The maximum Gasteiger partial charge on any atom is 0.253 e. The number of nitrogens with zero attached hydrogens (tertiary/aromatic N) is 3. The van der Waals surface area contributed by atoms with Crippen LogP contribution in [0.4, 0.5) is 0 Å². The summed E-state index contributed by atoms with van der Waals surface area (Å²) in [7, 11) is -1.76. The molecule has 1 N–H and O–H groups in total. The van der Waals surface area contributed by atoms with E-state index in [9.17, 15) is 13.2 Å². The van der Waals surface area contributed by atoms with Crippen molar-refractivity contribution in [2.45, 2.75) is 16.3 Å². The molecule has 0 saturated heterocycles. The SMILES string of the molecule is Cn1ncc2cc(C(=O)NCc3ccc(S(=O)(=O)c4ccccc4)cc3)cnc21. The lowest BCUT2D eigenvalue weighted by molar-refractivity contribution is 0.0950. The number of amides is 1. The molecule has 2 aromatic carbocycles. The molecular weight excluding hydrogens is 388 g/mol. The van der Waals surface area contributed by atoms with Crippen LogP contribution in [0, 0.1) is 0 Å². The zero-order valence-electron chi connectivity index (χ0n) is 15.6. The van der Waals surface area contributed by atoms with Crippen LogP contribution in [-0.4, -0.2) is 29.1 Å². The Morgan fingerprint density at radius 2 is 1.69 bits per heavy atom. The lowest BCUT2D eigenvalue weighted by Crippen LogP contribution is -2.23. The van der Waals surface area contributed by atoms with E-state index in [0.717, 1.165) is 10.9 Å². The van der Waals surface area contributed by atoms with Crippen molar-refractivity contribution in [2.75, 3.05) is 0 Å². The van der Waals surface area contributed by atoms with Gasteiger partial charge in [-0.2, -0.15) is 5.10 Å². The number of nitrogens with one attached hydrogen (secondary N) is 1. The standard InChI is InChI=1S/C21H18N4O3S/c1-25-20-16(14-24-25)11-17(13-22-20)21(26)23-12-15-7-9-19(10-8-15)29(27,28)18-5-3-2-4-6-18/h2-11,13-14H,12H2,1H3,(H,23,26). The molecule has 0 aliphatic carbocycles. The molecule has 146 valence electrons. The third-order valence-corrected chi connectivity index (χ3v) is 6.36. The molecule has 1 amide bonds. The van der Waals surface area contributed by atoms with Crippen molar-refractivity contribution in [1.29, 1.82) is 0 Å². The Balaban J connectivity index is 1.45. The van der Waals surface area contributed by atoms with Crippen LogP contribution in [0.5, 0.6) is 0 Å². The molecule has 4 rings (SSSR count). The Morgan fingerprint density at radius 3 is 2.41 bits per heavy atom. The summed E-state index contributed by atoms with van der Waals surface area (Å²) in [5.41, 5.74) is 1.94. The normalized spacial score (nSPS) is 11.5. The first-order valence-electron chi connectivity index (χ1n) is 8.90. The zero-order valence-corrected chi connectivity index (χ0v) is 16.4. The van der Waals surface area contributed by atoms with Gasteiger partial charge in [0.2, 0.25) is 9.84 Å². The van der Waals surface area contributed by atoms with Gasteiger partial charge in [0.1, 0.15) is 0 Å². The minimum atomic E-state index is -3.55. The fourth-order valence-electron chi connectivity index (χ4n) is 2.97. The molecule has 0 aliphatic rings. The molecule has 0 radical (unpaired) electrons. The monoisotopic (exact) mass is 406 g/mol. The van der Waals surface area contributed by atoms with Gasteiger partial charge >= 0.3 is 0 Å². The molecule has 4 aromatic rings. The number of rotatable bonds is 5. The lowest BCUT2D eigenvalue weighted by atomic mass is 10.2. The summed E-state index contributed by atoms with van der Waals surface area (Å²) < 4.78 is 26.9. The smallest absolute Gasteiger partial charge is 0.253 e. The van der Waals surface area contributed by atoms with Crippen molar-refractivity contribution in [1.82, 2.24) is 20.1 Å². The van der Waals surface area contributed by atoms with Gasteiger partial charge in [0.15, 0.2) is 5.65 Å². The first kappa shape index (κ1) is 18.8. The molecule has 0 fully saturated rings. The number of aryl methyl sites for hydroxylation is 1. The summed E-state index contributed by atoms with van der Waals surface area (Å²) in [6, 6.07) is 16.5. The first-order chi connectivity index (χ1) is 13.9. The van der Waals surface area contributed by atoms with Crippen LogP contribution >= 0.6 is 0 Å². The van der Waals surface area contributed by atoms with Crippen molar-refractivity contribution in [3.8, 4) is 0 Å². The zero-order chi connectivity index (χ0) is 20.4. The van der Waals surface area contributed by atoms with Gasteiger partial charge in [-0.3, -0.25) is 9.48 Å². The number of benzene rings is 2. The van der Waals surface area contributed by atoms with E-state index in [1.54, 1.807) is 78.6 Å². The molecule has 0 saturated carbocycles. The van der Waals surface area contributed by atoms with Crippen molar-refractivity contribution < 1.29 is 13.2 Å². The fourth-order valence-corrected chi connectivity index (χ4v) is 4.26. The summed E-state index contributed by atoms with van der Waals surface area (Å²) in [4.78, 5) is 17.1. The average molecular weight is 406 g/mol. The topological polar surface area (TPSA) is 94.0 Å². The first-order valence-corrected chi connectivity index (χ1v) is 10.4. The lowest BCUT2D eigenvalue weighted by Gasteiger charge is -2.08. The van der Waals surface area contributed by atoms with Crippen molar-refractivity contribution in [2.24, 2.45) is 7.05 Å². The van der Waals surface area contributed by atoms with Gasteiger partial charge in [0.25, 0.3) is 5.91 Å². The number of pyridine rings is 1. The number of carbonyl (C=O) groups is 1. The number of fused-ring (bicyclic) bond motifs is 1. The van der Waals surface area contributed by atoms with Crippen LogP contribution in [0.2, 0.25) is 0 Å². The number of sulfone groups is 1. The second-order valence-electron chi connectivity index (χ2n) is 6.55. The summed E-state index contributed by atoms with van der Waals surface area (Å²) in [6.07, 6.45) is 3.17. The van der Waals surface area contributed by atoms with E-state index in [-0.39, 0.29) is 22.2 Å². The maximum absolute atomic E-state index is 12.6. The molecule has 7 nitrogen and oxygen atoms in total. The van der Waals surface area contributed by atoms with E-state index in [2.05, 4.69) is 15.4 Å². The van der Waals surface area contributed by atoms with Gasteiger partial charge in [-0.15, -0.1) is 0 Å². The summed E-state index contributed by atoms with van der Waals surface area (Å²) in [5, 5.41) is 7.72. The van der Waals surface area contributed by atoms with Crippen LogP contribution in [-0.2, 0) is 23.4 Å². The predicted molar refractivity (Wildman–Crippen MR) is 108 cm³/mol. The fraction of sp³-hybridized carbons (Fsp3) is 0.0952. The number of hydrogen-bond acceptors (Lipinski definition) is 5. The van der Waals surface area contributed by atoms with Crippen molar-refractivity contribution in [3.63, 3.8) is 0 Å². The number of hydrogen-bond donors (Lipinski definition) is 1. The van der Waals surface area contributed by atoms with E-state index < -0.39 is 9.84 Å². The Hall–Kier alpha value is -3.52. The summed E-state index contributed by atoms with van der Waals surface area (Å²) in [5.74, 6) is -0.260. The Morgan fingerprint density at radius 1 is 1.00 bits per heavy atom. The molecule has 8 heteroatoms. The second-order valence-corrected chi connectivity index (χ2v) is 8.50. The predicted octanol–water partition coefficient (Wildman–Crippen LogP) is 2.73.